The van der Waals surface area contributed by atoms with Crippen molar-refractivity contribution in [1.29, 1.82) is 0 Å². The van der Waals surface area contributed by atoms with Gasteiger partial charge in [-0.05, 0) is 12.0 Å². The average Bonchev–Trinajstić information content (AvgIpc) is 2.34. The summed E-state index contributed by atoms with van der Waals surface area (Å²) < 4.78 is 4.78. The first kappa shape index (κ1) is 14.1. The molecule has 4 N–H and O–H groups in total. The summed E-state index contributed by atoms with van der Waals surface area (Å²) in [5, 5.41) is 11.6. The Labute approximate surface area is 105 Å². The molecule has 1 aromatic carbocycles. The van der Waals surface area contributed by atoms with Gasteiger partial charge >= 0.3 is 5.97 Å². The predicted molar refractivity (Wildman–Crippen MR) is 64.7 cm³/mol. The lowest BCUT2D eigenvalue weighted by molar-refractivity contribution is -0.142. The Morgan fingerprint density at radius 2 is 2.00 bits per heavy atom. The van der Waals surface area contributed by atoms with E-state index >= 15 is 0 Å². The molecular weight excluding hydrogens is 236 g/mol. The Hall–Kier alpha value is -1.92. The highest BCUT2D eigenvalue weighted by molar-refractivity contribution is 5.80. The minimum atomic E-state index is -1.12. The molecule has 1 unspecified atom stereocenters. The Kier molecular flexibility index (Phi) is 5.29. The summed E-state index contributed by atoms with van der Waals surface area (Å²) in [6.07, 6.45) is -0.877. The van der Waals surface area contributed by atoms with E-state index in [4.69, 9.17) is 15.6 Å². The van der Waals surface area contributed by atoms with Gasteiger partial charge in [0.2, 0.25) is 0 Å². The number of carboxylic acids is 1. The van der Waals surface area contributed by atoms with Gasteiger partial charge in [0, 0.05) is 7.11 Å². The number of methoxy groups -OCH3 is 1. The van der Waals surface area contributed by atoms with Crippen LogP contribution in [0.15, 0.2) is 30.3 Å². The van der Waals surface area contributed by atoms with Crippen molar-refractivity contribution in [2.75, 3.05) is 7.11 Å². The van der Waals surface area contributed by atoms with E-state index in [-0.39, 0.29) is 6.42 Å². The van der Waals surface area contributed by atoms with E-state index in [0.29, 0.717) is 0 Å². The summed E-state index contributed by atoms with van der Waals surface area (Å²) in [7, 11) is 1.28. The first-order valence-corrected chi connectivity index (χ1v) is 5.39. The fourth-order valence-corrected chi connectivity index (χ4v) is 1.52. The first-order chi connectivity index (χ1) is 8.54. The third-order valence-corrected chi connectivity index (χ3v) is 2.43. The van der Waals surface area contributed by atoms with Crippen LogP contribution in [-0.4, -0.2) is 36.4 Å². The minimum absolute atomic E-state index is 0.239. The van der Waals surface area contributed by atoms with Crippen LogP contribution in [0.4, 0.5) is 0 Å². The highest BCUT2D eigenvalue weighted by Crippen LogP contribution is 2.04. The molecule has 0 aliphatic heterocycles. The van der Waals surface area contributed by atoms with Crippen LogP contribution in [0, 0.1) is 0 Å². The maximum Gasteiger partial charge on any atom is 0.321 e. The summed E-state index contributed by atoms with van der Waals surface area (Å²) in [4.78, 5) is 22.1. The maximum absolute atomic E-state index is 11.1. The molecule has 0 radical (unpaired) electrons. The number of primary amides is 1. The van der Waals surface area contributed by atoms with Crippen molar-refractivity contribution in [3.8, 4) is 0 Å². The normalized spacial score (nSPS) is 13.8. The van der Waals surface area contributed by atoms with E-state index in [1.165, 1.54) is 7.11 Å². The van der Waals surface area contributed by atoms with Gasteiger partial charge in [-0.25, -0.2) is 0 Å². The summed E-state index contributed by atoms with van der Waals surface area (Å²) >= 11 is 0. The van der Waals surface area contributed by atoms with Crippen LogP contribution >= 0.6 is 0 Å². The van der Waals surface area contributed by atoms with Crippen LogP contribution in [0.1, 0.15) is 5.56 Å². The number of benzene rings is 1. The Balaban J connectivity index is 2.72. The van der Waals surface area contributed by atoms with Gasteiger partial charge < -0.3 is 15.6 Å². The number of carboxylic acid groups (broad SMARTS) is 1. The van der Waals surface area contributed by atoms with E-state index in [9.17, 15) is 9.59 Å². The van der Waals surface area contributed by atoms with Crippen molar-refractivity contribution in [3.63, 3.8) is 0 Å². The number of rotatable bonds is 7. The lowest BCUT2D eigenvalue weighted by Crippen LogP contribution is -2.51. The molecular formula is C12H16N2O4. The average molecular weight is 252 g/mol. The topological polar surface area (TPSA) is 102 Å². The highest BCUT2D eigenvalue weighted by Gasteiger charge is 2.24. The molecule has 0 heterocycles. The molecule has 1 rings (SSSR count). The van der Waals surface area contributed by atoms with Crippen molar-refractivity contribution in [2.24, 2.45) is 5.73 Å². The van der Waals surface area contributed by atoms with E-state index in [1.54, 1.807) is 0 Å². The van der Waals surface area contributed by atoms with Crippen molar-refractivity contribution in [1.82, 2.24) is 5.32 Å². The maximum atomic E-state index is 11.1. The largest absolute Gasteiger partial charge is 0.480 e. The second kappa shape index (κ2) is 6.73. The number of nitrogens with one attached hydrogen (secondary N) is 1. The second-order valence-electron chi connectivity index (χ2n) is 3.77. The van der Waals surface area contributed by atoms with Gasteiger partial charge in [-0.15, -0.1) is 0 Å². The second-order valence-corrected chi connectivity index (χ2v) is 3.77. The van der Waals surface area contributed by atoms with Gasteiger partial charge in [0.05, 0.1) is 0 Å². The van der Waals surface area contributed by atoms with E-state index < -0.39 is 24.1 Å². The Morgan fingerprint density at radius 1 is 1.39 bits per heavy atom. The van der Waals surface area contributed by atoms with E-state index in [1.807, 2.05) is 30.3 Å². The number of amides is 1. The number of carbonyl (C=O) groups is 2. The zero-order valence-corrected chi connectivity index (χ0v) is 10.00. The molecule has 6 heteroatoms. The molecule has 0 aliphatic rings. The van der Waals surface area contributed by atoms with E-state index in [2.05, 4.69) is 5.32 Å². The molecule has 0 saturated carbocycles. The zero-order valence-electron chi connectivity index (χ0n) is 10.00. The van der Waals surface area contributed by atoms with Gasteiger partial charge in [0.15, 0.2) is 6.23 Å². The van der Waals surface area contributed by atoms with Gasteiger partial charge in [0.25, 0.3) is 5.91 Å². The summed E-state index contributed by atoms with van der Waals surface area (Å²) in [5.74, 6) is -1.82. The Morgan fingerprint density at radius 3 is 2.44 bits per heavy atom. The quantitative estimate of drug-likeness (QED) is 0.580. The SMILES string of the molecule is COC(N[C@@H](Cc1ccccc1)C(=O)O)C(N)=O. The van der Waals surface area contributed by atoms with Crippen molar-refractivity contribution in [2.45, 2.75) is 18.7 Å². The molecule has 0 bridgehead atoms. The summed E-state index contributed by atoms with van der Waals surface area (Å²) in [5.41, 5.74) is 5.91. The van der Waals surface area contributed by atoms with E-state index in [0.717, 1.165) is 5.56 Å². The Bertz CT molecular complexity index is 408. The molecule has 1 aromatic rings. The number of hydrogen-bond donors (Lipinski definition) is 3. The van der Waals surface area contributed by atoms with Crippen LogP contribution in [0.5, 0.6) is 0 Å². The molecule has 0 spiro atoms. The third kappa shape index (κ3) is 4.15. The molecule has 1 amide bonds. The van der Waals surface area contributed by atoms with Crippen LogP contribution in [0.3, 0.4) is 0 Å². The highest BCUT2D eigenvalue weighted by atomic mass is 16.5. The lowest BCUT2D eigenvalue weighted by atomic mass is 10.1. The number of carbonyl (C=O) groups excluding carboxylic acids is 1. The minimum Gasteiger partial charge on any atom is -0.480 e. The number of hydrogen-bond acceptors (Lipinski definition) is 4. The third-order valence-electron chi connectivity index (χ3n) is 2.43. The van der Waals surface area contributed by atoms with Crippen molar-refractivity contribution < 1.29 is 19.4 Å². The van der Waals surface area contributed by atoms with Gasteiger partial charge in [-0.1, -0.05) is 30.3 Å². The molecule has 2 atom stereocenters. The molecule has 0 fully saturated rings. The molecule has 6 nitrogen and oxygen atoms in total. The van der Waals surface area contributed by atoms with Crippen LogP contribution in [0.2, 0.25) is 0 Å². The molecule has 0 saturated heterocycles. The number of ether oxygens (including phenoxy) is 1. The summed E-state index contributed by atoms with van der Waals surface area (Å²) in [6.45, 7) is 0. The molecule has 0 aromatic heterocycles. The number of aliphatic carboxylic acids is 1. The smallest absolute Gasteiger partial charge is 0.321 e. The number of nitrogens with two attached hydrogens (primary N) is 1. The van der Waals surface area contributed by atoms with Crippen LogP contribution in [-0.2, 0) is 20.7 Å². The van der Waals surface area contributed by atoms with Crippen LogP contribution < -0.4 is 11.1 Å². The molecule has 0 aliphatic carbocycles. The first-order valence-electron chi connectivity index (χ1n) is 5.39. The summed E-state index contributed by atoms with van der Waals surface area (Å²) in [6, 6.07) is 8.15. The molecule has 98 valence electrons. The molecule has 18 heavy (non-hydrogen) atoms. The van der Waals surface area contributed by atoms with Crippen LogP contribution in [0.25, 0.3) is 0 Å². The van der Waals surface area contributed by atoms with Gasteiger partial charge in [-0.2, -0.15) is 0 Å². The lowest BCUT2D eigenvalue weighted by Gasteiger charge is -2.19. The fourth-order valence-electron chi connectivity index (χ4n) is 1.52. The predicted octanol–water partition coefficient (Wildman–Crippen LogP) is -0.270. The monoisotopic (exact) mass is 252 g/mol. The van der Waals surface area contributed by atoms with Gasteiger partial charge in [-0.3, -0.25) is 14.9 Å². The van der Waals surface area contributed by atoms with Gasteiger partial charge in [0.1, 0.15) is 6.04 Å². The fraction of sp³-hybridized carbons (Fsp3) is 0.333. The van der Waals surface area contributed by atoms with Crippen molar-refractivity contribution in [3.05, 3.63) is 35.9 Å². The standard InChI is InChI=1S/C12H16N2O4/c1-18-11(10(13)15)14-9(12(16)17)7-8-5-3-2-4-6-8/h2-6,9,11,14H,7H2,1H3,(H2,13,15)(H,16,17)/t9-,11?/m0/s1. The zero-order chi connectivity index (χ0) is 13.5. The van der Waals surface area contributed by atoms with Crippen molar-refractivity contribution >= 4 is 11.9 Å².